The van der Waals surface area contributed by atoms with Crippen LogP contribution in [0.4, 0.5) is 0 Å². The van der Waals surface area contributed by atoms with E-state index in [1.54, 1.807) is 6.21 Å². The predicted octanol–water partition coefficient (Wildman–Crippen LogP) is 2.20. The number of rotatable bonds is 5. The van der Waals surface area contributed by atoms with E-state index < -0.39 is 11.9 Å². The number of aliphatic imine (C=N–C) groups is 1. The van der Waals surface area contributed by atoms with Gasteiger partial charge in [0.1, 0.15) is 6.04 Å². The van der Waals surface area contributed by atoms with Gasteiger partial charge in [-0.1, -0.05) is 60.7 Å². The quantitative estimate of drug-likeness (QED) is 0.815. The Morgan fingerprint density at radius 3 is 2.21 bits per heavy atom. The lowest BCUT2D eigenvalue weighted by molar-refractivity contribution is -0.119. The van der Waals surface area contributed by atoms with E-state index in [0.29, 0.717) is 6.42 Å². The summed E-state index contributed by atoms with van der Waals surface area (Å²) in [4.78, 5) is 15.7. The smallest absolute Gasteiger partial charge is 0.242 e. The summed E-state index contributed by atoms with van der Waals surface area (Å²) >= 11 is 0. The van der Waals surface area contributed by atoms with Crippen LogP contribution in [0.25, 0.3) is 0 Å². The number of nitrogens with two attached hydrogens (primary N) is 1. The van der Waals surface area contributed by atoms with Gasteiger partial charge in [-0.15, -0.1) is 0 Å². The molecular formula is C16H16N2O. The van der Waals surface area contributed by atoms with Crippen LogP contribution < -0.4 is 5.73 Å². The third kappa shape index (κ3) is 4.07. The Labute approximate surface area is 112 Å². The van der Waals surface area contributed by atoms with Crippen molar-refractivity contribution < 1.29 is 4.79 Å². The predicted molar refractivity (Wildman–Crippen MR) is 77.2 cm³/mol. The highest BCUT2D eigenvalue weighted by molar-refractivity contribution is 5.85. The number of carbonyl (C=O) groups excluding carboxylic acids is 1. The van der Waals surface area contributed by atoms with E-state index in [2.05, 4.69) is 4.99 Å². The molecule has 0 aliphatic carbocycles. The first-order valence-corrected chi connectivity index (χ1v) is 6.17. The molecule has 0 unspecified atom stereocenters. The molecular weight excluding hydrogens is 236 g/mol. The SMILES string of the molecule is NC(=O)[C@H](Cc1ccccc1)N=Cc1ccccc1. The average Bonchev–Trinajstić information content (AvgIpc) is 2.45. The summed E-state index contributed by atoms with van der Waals surface area (Å²) in [5.74, 6) is -0.406. The maximum Gasteiger partial charge on any atom is 0.242 e. The lowest BCUT2D eigenvalue weighted by Crippen LogP contribution is -2.29. The Morgan fingerprint density at radius 2 is 1.63 bits per heavy atom. The number of carbonyl (C=O) groups is 1. The van der Waals surface area contributed by atoms with Crippen LogP contribution in [0.1, 0.15) is 11.1 Å². The molecule has 0 bridgehead atoms. The third-order valence-corrected chi connectivity index (χ3v) is 2.80. The maximum absolute atomic E-state index is 11.4. The highest BCUT2D eigenvalue weighted by Crippen LogP contribution is 2.06. The molecule has 0 saturated heterocycles. The van der Waals surface area contributed by atoms with Crippen LogP contribution in [0.15, 0.2) is 65.7 Å². The summed E-state index contributed by atoms with van der Waals surface area (Å²) in [7, 11) is 0. The molecule has 0 heterocycles. The highest BCUT2D eigenvalue weighted by Gasteiger charge is 2.13. The number of amides is 1. The Morgan fingerprint density at radius 1 is 1.05 bits per heavy atom. The van der Waals surface area contributed by atoms with Crippen molar-refractivity contribution in [2.24, 2.45) is 10.7 Å². The van der Waals surface area contributed by atoms with Gasteiger partial charge in [-0.2, -0.15) is 0 Å². The molecule has 0 radical (unpaired) electrons. The first-order valence-electron chi connectivity index (χ1n) is 6.17. The molecule has 0 saturated carbocycles. The normalized spacial score (nSPS) is 12.4. The average molecular weight is 252 g/mol. The van der Waals surface area contributed by atoms with Crippen molar-refractivity contribution in [1.29, 1.82) is 0 Å². The molecule has 1 atom stereocenters. The van der Waals surface area contributed by atoms with Crippen molar-refractivity contribution >= 4 is 12.1 Å². The lowest BCUT2D eigenvalue weighted by atomic mass is 10.1. The molecule has 0 aliphatic heterocycles. The second-order valence-electron chi connectivity index (χ2n) is 4.30. The van der Waals surface area contributed by atoms with Gasteiger partial charge in [0.25, 0.3) is 0 Å². The van der Waals surface area contributed by atoms with Gasteiger partial charge in [-0.3, -0.25) is 9.79 Å². The first kappa shape index (κ1) is 13.0. The summed E-state index contributed by atoms with van der Waals surface area (Å²) in [6.45, 7) is 0. The fraction of sp³-hybridized carbons (Fsp3) is 0.125. The fourth-order valence-electron chi connectivity index (χ4n) is 1.78. The fourth-order valence-corrected chi connectivity index (χ4v) is 1.78. The zero-order chi connectivity index (χ0) is 13.5. The van der Waals surface area contributed by atoms with Crippen LogP contribution in [-0.2, 0) is 11.2 Å². The van der Waals surface area contributed by atoms with Crippen LogP contribution >= 0.6 is 0 Å². The largest absolute Gasteiger partial charge is 0.368 e. The molecule has 19 heavy (non-hydrogen) atoms. The van der Waals surface area contributed by atoms with Gasteiger partial charge in [-0.25, -0.2) is 0 Å². The summed E-state index contributed by atoms with van der Waals surface area (Å²) < 4.78 is 0. The van der Waals surface area contributed by atoms with Gasteiger partial charge >= 0.3 is 0 Å². The molecule has 0 spiro atoms. The Bertz CT molecular complexity index is 549. The van der Waals surface area contributed by atoms with E-state index in [1.165, 1.54) is 0 Å². The third-order valence-electron chi connectivity index (χ3n) is 2.80. The minimum absolute atomic E-state index is 0.406. The second-order valence-corrected chi connectivity index (χ2v) is 4.30. The molecule has 2 aromatic rings. The van der Waals surface area contributed by atoms with Crippen LogP contribution in [0.2, 0.25) is 0 Å². The van der Waals surface area contributed by atoms with Gasteiger partial charge in [0.05, 0.1) is 0 Å². The standard InChI is InChI=1S/C16H16N2O/c17-16(19)15(11-13-7-3-1-4-8-13)18-12-14-9-5-2-6-10-14/h1-10,12,15H,11H2,(H2,17,19)/t15-/m0/s1. The topological polar surface area (TPSA) is 55.5 Å². The molecule has 3 nitrogen and oxygen atoms in total. The molecule has 0 aliphatic rings. The molecule has 3 heteroatoms. The van der Waals surface area contributed by atoms with E-state index in [-0.39, 0.29) is 0 Å². The van der Waals surface area contributed by atoms with E-state index in [1.807, 2.05) is 60.7 Å². The molecule has 2 aromatic carbocycles. The molecule has 2 rings (SSSR count). The van der Waals surface area contributed by atoms with Gasteiger partial charge in [0, 0.05) is 12.6 Å². The number of nitrogens with zero attached hydrogens (tertiary/aromatic N) is 1. The number of primary amides is 1. The molecule has 1 amide bonds. The summed E-state index contributed by atoms with van der Waals surface area (Å²) in [6, 6.07) is 18.9. The Balaban J connectivity index is 2.09. The summed E-state index contributed by atoms with van der Waals surface area (Å²) in [6.07, 6.45) is 2.22. The zero-order valence-electron chi connectivity index (χ0n) is 10.6. The molecule has 96 valence electrons. The zero-order valence-corrected chi connectivity index (χ0v) is 10.6. The van der Waals surface area contributed by atoms with E-state index in [0.717, 1.165) is 11.1 Å². The number of benzene rings is 2. The molecule has 0 fully saturated rings. The molecule has 0 aromatic heterocycles. The van der Waals surface area contributed by atoms with Crippen molar-refractivity contribution in [1.82, 2.24) is 0 Å². The van der Waals surface area contributed by atoms with Crippen LogP contribution in [0.5, 0.6) is 0 Å². The van der Waals surface area contributed by atoms with E-state index in [4.69, 9.17) is 5.73 Å². The van der Waals surface area contributed by atoms with Crippen molar-refractivity contribution in [3.8, 4) is 0 Å². The summed E-state index contributed by atoms with van der Waals surface area (Å²) in [5.41, 5.74) is 7.41. The van der Waals surface area contributed by atoms with Crippen molar-refractivity contribution in [3.63, 3.8) is 0 Å². The minimum atomic E-state index is -0.525. The van der Waals surface area contributed by atoms with E-state index >= 15 is 0 Å². The van der Waals surface area contributed by atoms with Gasteiger partial charge < -0.3 is 5.73 Å². The summed E-state index contributed by atoms with van der Waals surface area (Å²) in [5, 5.41) is 0. The van der Waals surface area contributed by atoms with Gasteiger partial charge in [0.15, 0.2) is 0 Å². The molecule has 2 N–H and O–H groups in total. The van der Waals surface area contributed by atoms with Crippen LogP contribution in [0.3, 0.4) is 0 Å². The minimum Gasteiger partial charge on any atom is -0.368 e. The Kier molecular flexibility index (Phi) is 4.45. The van der Waals surface area contributed by atoms with Crippen molar-refractivity contribution in [3.05, 3.63) is 71.8 Å². The maximum atomic E-state index is 11.4. The highest BCUT2D eigenvalue weighted by atomic mass is 16.1. The van der Waals surface area contributed by atoms with Crippen molar-refractivity contribution in [2.45, 2.75) is 12.5 Å². The first-order chi connectivity index (χ1) is 9.25. The number of hydrogen-bond donors (Lipinski definition) is 1. The van der Waals surface area contributed by atoms with Crippen molar-refractivity contribution in [2.75, 3.05) is 0 Å². The van der Waals surface area contributed by atoms with Gasteiger partial charge in [-0.05, 0) is 11.1 Å². The second kappa shape index (κ2) is 6.50. The van der Waals surface area contributed by atoms with Crippen LogP contribution in [0, 0.1) is 0 Å². The monoisotopic (exact) mass is 252 g/mol. The lowest BCUT2D eigenvalue weighted by Gasteiger charge is -2.08. The Hall–Kier alpha value is -2.42. The van der Waals surface area contributed by atoms with Crippen LogP contribution in [-0.4, -0.2) is 18.2 Å². The number of hydrogen-bond acceptors (Lipinski definition) is 2. The van der Waals surface area contributed by atoms with Gasteiger partial charge in [0.2, 0.25) is 5.91 Å². The van der Waals surface area contributed by atoms with E-state index in [9.17, 15) is 4.79 Å².